The Kier molecular flexibility index (Phi) is 4.84. The molecule has 0 fully saturated rings. The number of H-pyrrole nitrogens is 2. The first-order chi connectivity index (χ1) is 13.2. The van der Waals surface area contributed by atoms with Gasteiger partial charge in [0.1, 0.15) is 17.8 Å². The minimum atomic E-state index is 0.693. The van der Waals surface area contributed by atoms with Crippen LogP contribution in [0.5, 0.6) is 5.75 Å². The highest BCUT2D eigenvalue weighted by molar-refractivity contribution is 5.95. The summed E-state index contributed by atoms with van der Waals surface area (Å²) in [7, 11) is 4.13. The normalized spacial score (nSPS) is 11.4. The van der Waals surface area contributed by atoms with Crippen molar-refractivity contribution >= 4 is 10.9 Å². The van der Waals surface area contributed by atoms with Gasteiger partial charge in [0.05, 0.1) is 12.1 Å². The third-order valence-corrected chi connectivity index (χ3v) is 4.38. The predicted octanol–water partition coefficient (Wildman–Crippen LogP) is 3.35. The fraction of sp³-hybridized carbons (Fsp3) is 0.250. The summed E-state index contributed by atoms with van der Waals surface area (Å²) in [6.07, 6.45) is 2.50. The molecule has 2 heterocycles. The van der Waals surface area contributed by atoms with E-state index in [2.05, 4.69) is 50.4 Å². The Morgan fingerprint density at radius 1 is 1.04 bits per heavy atom. The molecule has 0 saturated carbocycles. The first-order valence-electron chi connectivity index (χ1n) is 8.92. The lowest BCUT2D eigenvalue weighted by Crippen LogP contribution is -2.15. The number of nitrogens with one attached hydrogen (secondary N) is 2. The second kappa shape index (κ2) is 7.59. The van der Waals surface area contributed by atoms with Crippen LogP contribution in [0.4, 0.5) is 0 Å². The molecule has 0 saturated heterocycles. The molecule has 7 heteroatoms. The maximum atomic E-state index is 5.90. The molecule has 0 aliphatic carbocycles. The topological polar surface area (TPSA) is 82.7 Å². The van der Waals surface area contributed by atoms with Gasteiger partial charge in [-0.1, -0.05) is 12.1 Å². The van der Waals surface area contributed by atoms with Crippen molar-refractivity contribution in [3.05, 3.63) is 48.8 Å². The molecular formula is C20H22N6O. The fourth-order valence-electron chi connectivity index (χ4n) is 3.03. The third-order valence-electron chi connectivity index (χ3n) is 4.38. The summed E-state index contributed by atoms with van der Waals surface area (Å²) in [6, 6.07) is 14.1. The minimum absolute atomic E-state index is 0.693. The van der Waals surface area contributed by atoms with Crippen molar-refractivity contribution < 1.29 is 4.74 Å². The summed E-state index contributed by atoms with van der Waals surface area (Å²) >= 11 is 0. The number of rotatable bonds is 7. The van der Waals surface area contributed by atoms with Crippen LogP contribution in [0.25, 0.3) is 33.5 Å². The number of fused-ring (bicyclic) bond motifs is 1. The summed E-state index contributed by atoms with van der Waals surface area (Å²) in [5, 5.41) is 15.5. The van der Waals surface area contributed by atoms with Crippen LogP contribution in [0.2, 0.25) is 0 Å². The van der Waals surface area contributed by atoms with Gasteiger partial charge in [-0.05, 0) is 50.8 Å². The second-order valence-electron chi connectivity index (χ2n) is 6.70. The molecule has 2 aromatic heterocycles. The number of aromatic nitrogens is 5. The van der Waals surface area contributed by atoms with Crippen LogP contribution in [0.3, 0.4) is 0 Å². The molecule has 0 bridgehead atoms. The standard InChI is InChI=1S/C20H22N6O/c1-26(2)9-4-10-27-16-6-3-5-14(11-16)19-17-12-15(20-21-13-22-25-20)7-8-18(17)23-24-19/h3,5-8,11-13H,4,9-10H2,1-2H3,(H,23,24)(H,21,22,25). The van der Waals surface area contributed by atoms with Gasteiger partial charge in [-0.3, -0.25) is 10.2 Å². The van der Waals surface area contributed by atoms with Crippen LogP contribution in [0, 0.1) is 0 Å². The van der Waals surface area contributed by atoms with Crippen LogP contribution >= 0.6 is 0 Å². The largest absolute Gasteiger partial charge is 0.494 e. The van der Waals surface area contributed by atoms with E-state index in [-0.39, 0.29) is 0 Å². The summed E-state index contributed by atoms with van der Waals surface area (Å²) in [4.78, 5) is 6.38. The van der Waals surface area contributed by atoms with Crippen molar-refractivity contribution in [3.8, 4) is 28.4 Å². The third kappa shape index (κ3) is 3.83. The van der Waals surface area contributed by atoms with Crippen molar-refractivity contribution in [2.45, 2.75) is 6.42 Å². The summed E-state index contributed by atoms with van der Waals surface area (Å²) in [5.74, 6) is 1.59. The number of hydrogen-bond donors (Lipinski definition) is 2. The Morgan fingerprint density at radius 3 is 2.78 bits per heavy atom. The van der Waals surface area contributed by atoms with Crippen molar-refractivity contribution in [3.63, 3.8) is 0 Å². The Labute approximate surface area is 157 Å². The molecule has 0 aliphatic rings. The molecule has 138 valence electrons. The monoisotopic (exact) mass is 362 g/mol. The molecular weight excluding hydrogens is 340 g/mol. The lowest BCUT2D eigenvalue weighted by atomic mass is 10.1. The van der Waals surface area contributed by atoms with Gasteiger partial charge >= 0.3 is 0 Å². The maximum absolute atomic E-state index is 5.90. The zero-order chi connectivity index (χ0) is 18.6. The van der Waals surface area contributed by atoms with E-state index < -0.39 is 0 Å². The Balaban J connectivity index is 1.60. The molecule has 0 spiro atoms. The van der Waals surface area contributed by atoms with Gasteiger partial charge in [0.25, 0.3) is 0 Å². The highest BCUT2D eigenvalue weighted by Gasteiger charge is 2.11. The lowest BCUT2D eigenvalue weighted by Gasteiger charge is -2.11. The number of ether oxygens (including phenoxy) is 1. The molecule has 4 aromatic rings. The van der Waals surface area contributed by atoms with Crippen LogP contribution in [0.15, 0.2) is 48.8 Å². The Bertz CT molecular complexity index is 1020. The molecule has 0 amide bonds. The van der Waals surface area contributed by atoms with Gasteiger partial charge in [-0.2, -0.15) is 10.2 Å². The molecule has 4 rings (SSSR count). The Morgan fingerprint density at radius 2 is 1.96 bits per heavy atom. The molecule has 27 heavy (non-hydrogen) atoms. The molecule has 0 unspecified atom stereocenters. The van der Waals surface area contributed by atoms with E-state index in [4.69, 9.17) is 4.74 Å². The number of aromatic amines is 2. The van der Waals surface area contributed by atoms with Crippen molar-refractivity contribution in [2.24, 2.45) is 0 Å². The number of benzene rings is 2. The van der Waals surface area contributed by atoms with Crippen LogP contribution in [0.1, 0.15) is 6.42 Å². The molecule has 7 nitrogen and oxygen atoms in total. The van der Waals surface area contributed by atoms with Crippen LogP contribution in [-0.2, 0) is 0 Å². The first kappa shape index (κ1) is 17.2. The molecule has 0 radical (unpaired) electrons. The molecule has 2 aromatic carbocycles. The van der Waals surface area contributed by atoms with E-state index in [1.54, 1.807) is 0 Å². The van der Waals surface area contributed by atoms with Gasteiger partial charge in [-0.25, -0.2) is 4.98 Å². The van der Waals surface area contributed by atoms with Gasteiger partial charge in [0, 0.05) is 23.1 Å². The Hall–Kier alpha value is -3.19. The molecule has 2 N–H and O–H groups in total. The highest BCUT2D eigenvalue weighted by Crippen LogP contribution is 2.31. The van der Waals surface area contributed by atoms with Gasteiger partial charge < -0.3 is 9.64 Å². The number of hydrogen-bond acceptors (Lipinski definition) is 5. The lowest BCUT2D eigenvalue weighted by molar-refractivity contribution is 0.281. The zero-order valence-corrected chi connectivity index (χ0v) is 15.4. The van der Waals surface area contributed by atoms with Gasteiger partial charge in [0.15, 0.2) is 5.82 Å². The van der Waals surface area contributed by atoms with Crippen LogP contribution < -0.4 is 4.74 Å². The van der Waals surface area contributed by atoms with E-state index in [0.29, 0.717) is 6.61 Å². The minimum Gasteiger partial charge on any atom is -0.494 e. The smallest absolute Gasteiger partial charge is 0.155 e. The predicted molar refractivity (Wildman–Crippen MR) is 106 cm³/mol. The summed E-state index contributed by atoms with van der Waals surface area (Å²) < 4.78 is 5.90. The highest BCUT2D eigenvalue weighted by atomic mass is 16.5. The summed E-state index contributed by atoms with van der Waals surface area (Å²) in [5.41, 5.74) is 3.86. The van der Waals surface area contributed by atoms with Crippen LogP contribution in [-0.4, -0.2) is 57.5 Å². The van der Waals surface area contributed by atoms with E-state index >= 15 is 0 Å². The summed E-state index contributed by atoms with van der Waals surface area (Å²) in [6.45, 7) is 1.70. The fourth-order valence-corrected chi connectivity index (χ4v) is 3.03. The van der Waals surface area contributed by atoms with Crippen molar-refractivity contribution in [2.75, 3.05) is 27.2 Å². The SMILES string of the molecule is CN(C)CCCOc1cccc(-c2n[nH]c3ccc(-c4ncn[nH]4)cc23)c1. The molecule has 0 aliphatic heterocycles. The van der Waals surface area contributed by atoms with E-state index in [1.807, 2.05) is 36.4 Å². The number of nitrogens with zero attached hydrogens (tertiary/aromatic N) is 4. The quantitative estimate of drug-likeness (QED) is 0.493. The van der Waals surface area contributed by atoms with E-state index in [1.165, 1.54) is 6.33 Å². The average Bonchev–Trinajstić information content (AvgIpc) is 3.34. The van der Waals surface area contributed by atoms with E-state index in [9.17, 15) is 0 Å². The second-order valence-corrected chi connectivity index (χ2v) is 6.70. The van der Waals surface area contributed by atoms with Crippen molar-refractivity contribution in [1.29, 1.82) is 0 Å². The van der Waals surface area contributed by atoms with Gasteiger partial charge in [0.2, 0.25) is 0 Å². The first-order valence-corrected chi connectivity index (χ1v) is 8.92. The van der Waals surface area contributed by atoms with E-state index in [0.717, 1.165) is 52.3 Å². The maximum Gasteiger partial charge on any atom is 0.155 e. The van der Waals surface area contributed by atoms with Crippen molar-refractivity contribution in [1.82, 2.24) is 30.3 Å². The molecule has 0 atom stereocenters. The van der Waals surface area contributed by atoms with Gasteiger partial charge in [-0.15, -0.1) is 0 Å². The zero-order valence-electron chi connectivity index (χ0n) is 15.4. The average molecular weight is 362 g/mol.